The fourth-order valence-electron chi connectivity index (χ4n) is 4.77. The van der Waals surface area contributed by atoms with Gasteiger partial charge in [-0.15, -0.1) is 0 Å². The molecule has 4 aromatic rings. The molecule has 1 heterocycles. The van der Waals surface area contributed by atoms with Gasteiger partial charge in [-0.1, -0.05) is 72.8 Å². The third-order valence-electron chi connectivity index (χ3n) is 6.47. The van der Waals surface area contributed by atoms with E-state index in [0.29, 0.717) is 22.6 Å². The van der Waals surface area contributed by atoms with Crippen LogP contribution in [0.15, 0.2) is 91.0 Å². The number of aromatic hydroxyl groups is 1. The number of para-hydroxylation sites is 1. The summed E-state index contributed by atoms with van der Waals surface area (Å²) in [5, 5.41) is 22.7. The Balaban J connectivity index is 1.62. The SMILES string of the molecule is COc1cc(O)c(C2(O)C(=O)N(Cc3ccccc3-c3ccccc3)c3ccccc32)cc1C. The average molecular weight is 452 g/mol. The molecule has 1 aliphatic rings. The van der Waals surface area contributed by atoms with Gasteiger partial charge in [-0.25, -0.2) is 0 Å². The van der Waals surface area contributed by atoms with Gasteiger partial charge in [0.2, 0.25) is 0 Å². The van der Waals surface area contributed by atoms with Crippen molar-refractivity contribution in [3.8, 4) is 22.6 Å². The molecule has 4 aromatic carbocycles. The third kappa shape index (κ3) is 3.33. The molecule has 0 saturated carbocycles. The summed E-state index contributed by atoms with van der Waals surface area (Å²) in [6.07, 6.45) is 0. The van der Waals surface area contributed by atoms with Gasteiger partial charge in [0.15, 0.2) is 5.60 Å². The summed E-state index contributed by atoms with van der Waals surface area (Å²) >= 11 is 0. The monoisotopic (exact) mass is 451 g/mol. The number of hydrogen-bond acceptors (Lipinski definition) is 4. The number of methoxy groups -OCH3 is 1. The van der Waals surface area contributed by atoms with Crippen molar-refractivity contribution < 1.29 is 19.7 Å². The molecule has 0 fully saturated rings. The molecule has 1 unspecified atom stereocenters. The summed E-state index contributed by atoms with van der Waals surface area (Å²) in [6, 6.07) is 28.2. The van der Waals surface area contributed by atoms with Crippen molar-refractivity contribution in [1.82, 2.24) is 0 Å². The minimum atomic E-state index is -2.01. The zero-order valence-corrected chi connectivity index (χ0v) is 19.0. The second kappa shape index (κ2) is 8.36. The molecular formula is C29H25NO4. The fourth-order valence-corrected chi connectivity index (χ4v) is 4.77. The highest BCUT2D eigenvalue weighted by Crippen LogP contribution is 2.48. The van der Waals surface area contributed by atoms with Crippen LogP contribution in [0, 0.1) is 6.92 Å². The lowest BCUT2D eigenvalue weighted by Gasteiger charge is -2.26. The standard InChI is InChI=1S/C29H25NO4/c1-19-16-24(26(31)17-27(19)34-2)29(33)23-14-8-9-15-25(23)30(28(29)32)18-21-12-6-7-13-22(21)20-10-4-3-5-11-20/h3-17,31,33H,18H2,1-2H3. The minimum Gasteiger partial charge on any atom is -0.507 e. The van der Waals surface area contributed by atoms with Crippen molar-refractivity contribution in [3.63, 3.8) is 0 Å². The molecule has 5 nitrogen and oxygen atoms in total. The number of rotatable bonds is 5. The highest BCUT2D eigenvalue weighted by molar-refractivity contribution is 6.09. The molecule has 5 rings (SSSR count). The van der Waals surface area contributed by atoms with Gasteiger partial charge in [-0.3, -0.25) is 4.79 Å². The quantitative estimate of drug-likeness (QED) is 0.440. The number of benzene rings is 4. The number of fused-ring (bicyclic) bond motifs is 1. The topological polar surface area (TPSA) is 70.0 Å². The normalized spacial score (nSPS) is 17.0. The Morgan fingerprint density at radius 3 is 2.32 bits per heavy atom. The van der Waals surface area contributed by atoms with E-state index < -0.39 is 11.5 Å². The highest BCUT2D eigenvalue weighted by atomic mass is 16.5. The van der Waals surface area contributed by atoms with Crippen molar-refractivity contribution in [2.75, 3.05) is 12.0 Å². The molecule has 0 spiro atoms. The number of hydrogen-bond donors (Lipinski definition) is 2. The van der Waals surface area contributed by atoms with Crippen molar-refractivity contribution in [1.29, 1.82) is 0 Å². The Bertz CT molecular complexity index is 1380. The summed E-state index contributed by atoms with van der Waals surface area (Å²) in [6.45, 7) is 2.09. The first kappa shape index (κ1) is 21.7. The van der Waals surface area contributed by atoms with Crippen molar-refractivity contribution >= 4 is 11.6 Å². The van der Waals surface area contributed by atoms with Gasteiger partial charge in [0.05, 0.1) is 19.3 Å². The summed E-state index contributed by atoms with van der Waals surface area (Å²) in [5.41, 5.74) is 2.92. The molecule has 0 bridgehead atoms. The predicted octanol–water partition coefficient (Wildman–Crippen LogP) is 5.16. The fraction of sp³-hybridized carbons (Fsp3) is 0.138. The number of amides is 1. The van der Waals surface area contributed by atoms with Gasteiger partial charge in [0, 0.05) is 17.2 Å². The molecule has 5 heteroatoms. The van der Waals surface area contributed by atoms with Gasteiger partial charge >= 0.3 is 0 Å². The Labute approximate surface area is 198 Å². The van der Waals surface area contributed by atoms with Crippen LogP contribution in [0.25, 0.3) is 11.1 Å². The lowest BCUT2D eigenvalue weighted by molar-refractivity contribution is -0.132. The molecule has 34 heavy (non-hydrogen) atoms. The lowest BCUT2D eigenvalue weighted by atomic mass is 9.86. The van der Waals surface area contributed by atoms with Gasteiger partial charge in [0.1, 0.15) is 11.5 Å². The second-order valence-electron chi connectivity index (χ2n) is 8.48. The van der Waals surface area contributed by atoms with E-state index >= 15 is 0 Å². The Morgan fingerprint density at radius 1 is 0.882 bits per heavy atom. The van der Waals surface area contributed by atoms with E-state index in [2.05, 4.69) is 0 Å². The van der Waals surface area contributed by atoms with E-state index in [-0.39, 0.29) is 17.9 Å². The van der Waals surface area contributed by atoms with Crippen LogP contribution < -0.4 is 9.64 Å². The molecular weight excluding hydrogens is 426 g/mol. The number of ether oxygens (including phenoxy) is 1. The maximum atomic E-state index is 13.9. The van der Waals surface area contributed by atoms with Crippen LogP contribution >= 0.6 is 0 Å². The Hall–Kier alpha value is -4.09. The Kier molecular flexibility index (Phi) is 5.34. The van der Waals surface area contributed by atoms with E-state index in [1.165, 1.54) is 13.2 Å². The van der Waals surface area contributed by atoms with Crippen LogP contribution in [0.4, 0.5) is 5.69 Å². The first-order valence-corrected chi connectivity index (χ1v) is 11.1. The first-order chi connectivity index (χ1) is 16.4. The molecule has 0 aromatic heterocycles. The van der Waals surface area contributed by atoms with Crippen LogP contribution in [0.1, 0.15) is 22.3 Å². The van der Waals surface area contributed by atoms with Gasteiger partial charge < -0.3 is 19.8 Å². The number of aliphatic hydroxyl groups is 1. The second-order valence-corrected chi connectivity index (χ2v) is 8.48. The third-order valence-corrected chi connectivity index (χ3v) is 6.47. The lowest BCUT2D eigenvalue weighted by Crippen LogP contribution is -2.41. The largest absolute Gasteiger partial charge is 0.507 e. The number of anilines is 1. The van der Waals surface area contributed by atoms with E-state index in [0.717, 1.165) is 16.7 Å². The molecule has 1 amide bonds. The molecule has 1 aliphatic heterocycles. The molecule has 2 N–H and O–H groups in total. The minimum absolute atomic E-state index is 0.141. The summed E-state index contributed by atoms with van der Waals surface area (Å²) in [7, 11) is 1.51. The summed E-state index contributed by atoms with van der Waals surface area (Å²) in [5.74, 6) is -0.215. The average Bonchev–Trinajstić information content (AvgIpc) is 3.08. The maximum absolute atomic E-state index is 13.9. The first-order valence-electron chi connectivity index (χ1n) is 11.1. The van der Waals surface area contributed by atoms with Gasteiger partial charge in [-0.2, -0.15) is 0 Å². The van der Waals surface area contributed by atoms with Crippen molar-refractivity contribution in [2.24, 2.45) is 0 Å². The molecule has 0 radical (unpaired) electrons. The predicted molar refractivity (Wildman–Crippen MR) is 132 cm³/mol. The van der Waals surface area contributed by atoms with Crippen LogP contribution in [0.3, 0.4) is 0 Å². The molecule has 0 saturated heterocycles. The van der Waals surface area contributed by atoms with Crippen LogP contribution in [0.5, 0.6) is 11.5 Å². The van der Waals surface area contributed by atoms with Crippen molar-refractivity contribution in [2.45, 2.75) is 19.1 Å². The molecule has 0 aliphatic carbocycles. The van der Waals surface area contributed by atoms with E-state index in [4.69, 9.17) is 4.74 Å². The van der Waals surface area contributed by atoms with Gasteiger partial charge in [0.25, 0.3) is 5.91 Å². The van der Waals surface area contributed by atoms with Crippen molar-refractivity contribution in [3.05, 3.63) is 113 Å². The summed E-state index contributed by atoms with van der Waals surface area (Å²) < 4.78 is 5.29. The number of nitrogens with zero attached hydrogens (tertiary/aromatic N) is 1. The number of carbonyl (C=O) groups is 1. The smallest absolute Gasteiger partial charge is 0.268 e. The number of phenolic OH excluding ortho intramolecular Hbond substituents is 1. The highest BCUT2D eigenvalue weighted by Gasteiger charge is 2.52. The number of carbonyl (C=O) groups excluding carboxylic acids is 1. The summed E-state index contributed by atoms with van der Waals surface area (Å²) in [4.78, 5) is 15.5. The van der Waals surface area contributed by atoms with E-state index in [1.807, 2.05) is 73.7 Å². The van der Waals surface area contributed by atoms with Gasteiger partial charge in [-0.05, 0) is 41.3 Å². The number of aryl methyl sites for hydroxylation is 1. The van der Waals surface area contributed by atoms with E-state index in [1.54, 1.807) is 23.1 Å². The number of phenols is 1. The van der Waals surface area contributed by atoms with Crippen LogP contribution in [-0.2, 0) is 16.9 Å². The zero-order valence-electron chi connectivity index (χ0n) is 19.0. The maximum Gasteiger partial charge on any atom is 0.268 e. The molecule has 170 valence electrons. The zero-order chi connectivity index (χ0) is 23.9. The Morgan fingerprint density at radius 2 is 1.56 bits per heavy atom. The van der Waals surface area contributed by atoms with E-state index in [9.17, 15) is 15.0 Å². The molecule has 1 atom stereocenters. The van der Waals surface area contributed by atoms with Crippen LogP contribution in [0.2, 0.25) is 0 Å². The van der Waals surface area contributed by atoms with Crippen LogP contribution in [-0.4, -0.2) is 23.2 Å².